The lowest BCUT2D eigenvalue weighted by atomic mass is 10.1. The molecule has 0 saturated heterocycles. The van der Waals surface area contributed by atoms with E-state index in [9.17, 15) is 4.79 Å². The molecular weight excluding hydrogens is 349 g/mol. The third-order valence-corrected chi connectivity index (χ3v) is 4.17. The van der Waals surface area contributed by atoms with E-state index in [1.165, 1.54) is 4.80 Å². The molecule has 1 aromatic heterocycles. The first-order valence-corrected chi connectivity index (χ1v) is 7.88. The molecule has 3 aromatic rings. The third kappa shape index (κ3) is 3.55. The van der Waals surface area contributed by atoms with Gasteiger partial charge in [0.1, 0.15) is 6.54 Å². The molecule has 0 radical (unpaired) electrons. The first-order chi connectivity index (χ1) is 11.5. The SMILES string of the molecule is Cc1ccccc1-c1nnn(CC(=O)Nc2cccc(Cl)c2Cl)n1. The van der Waals surface area contributed by atoms with Crippen molar-refractivity contribution in [3.8, 4) is 11.4 Å². The van der Waals surface area contributed by atoms with Crippen LogP contribution in [0.1, 0.15) is 5.56 Å². The van der Waals surface area contributed by atoms with Gasteiger partial charge < -0.3 is 5.32 Å². The van der Waals surface area contributed by atoms with Gasteiger partial charge in [-0.1, -0.05) is 53.5 Å². The first-order valence-electron chi connectivity index (χ1n) is 7.12. The molecule has 0 unspecified atom stereocenters. The summed E-state index contributed by atoms with van der Waals surface area (Å²) in [5.74, 6) is 0.148. The largest absolute Gasteiger partial charge is 0.323 e. The van der Waals surface area contributed by atoms with Crippen molar-refractivity contribution in [1.82, 2.24) is 20.2 Å². The number of tetrazole rings is 1. The minimum absolute atomic E-state index is 0.0816. The van der Waals surface area contributed by atoms with Crippen LogP contribution in [0.3, 0.4) is 0 Å². The van der Waals surface area contributed by atoms with Crippen molar-refractivity contribution in [2.24, 2.45) is 0 Å². The Hall–Kier alpha value is -2.44. The number of aryl methyl sites for hydroxylation is 1. The number of halogens is 2. The predicted octanol–water partition coefficient (Wildman–Crippen LogP) is 3.59. The second-order valence-corrected chi connectivity index (χ2v) is 5.89. The lowest BCUT2D eigenvalue weighted by Crippen LogP contribution is -2.20. The van der Waals surface area contributed by atoms with Crippen molar-refractivity contribution in [2.75, 3.05) is 5.32 Å². The average Bonchev–Trinajstić information content (AvgIpc) is 3.00. The van der Waals surface area contributed by atoms with E-state index in [1.54, 1.807) is 18.2 Å². The molecule has 0 fully saturated rings. The van der Waals surface area contributed by atoms with Crippen LogP contribution in [0.4, 0.5) is 5.69 Å². The molecule has 0 spiro atoms. The zero-order valence-corrected chi connectivity index (χ0v) is 14.2. The Labute approximate surface area is 148 Å². The third-order valence-electron chi connectivity index (χ3n) is 3.35. The van der Waals surface area contributed by atoms with Crippen molar-refractivity contribution >= 4 is 34.8 Å². The highest BCUT2D eigenvalue weighted by Crippen LogP contribution is 2.29. The maximum atomic E-state index is 12.1. The van der Waals surface area contributed by atoms with Crippen LogP contribution in [0.25, 0.3) is 11.4 Å². The van der Waals surface area contributed by atoms with E-state index in [0.29, 0.717) is 21.6 Å². The van der Waals surface area contributed by atoms with Crippen LogP contribution in [0.5, 0.6) is 0 Å². The number of carbonyl (C=O) groups is 1. The normalized spacial score (nSPS) is 10.6. The van der Waals surface area contributed by atoms with E-state index < -0.39 is 0 Å². The zero-order valence-electron chi connectivity index (χ0n) is 12.7. The topological polar surface area (TPSA) is 72.7 Å². The van der Waals surface area contributed by atoms with E-state index in [-0.39, 0.29) is 12.5 Å². The van der Waals surface area contributed by atoms with E-state index >= 15 is 0 Å². The molecule has 0 aliphatic heterocycles. The summed E-state index contributed by atoms with van der Waals surface area (Å²) in [6.07, 6.45) is 0. The van der Waals surface area contributed by atoms with Crippen LogP contribution < -0.4 is 5.32 Å². The van der Waals surface area contributed by atoms with E-state index in [1.807, 2.05) is 31.2 Å². The van der Waals surface area contributed by atoms with Gasteiger partial charge in [-0.05, 0) is 29.8 Å². The van der Waals surface area contributed by atoms with Crippen LogP contribution in [-0.4, -0.2) is 26.1 Å². The highest BCUT2D eigenvalue weighted by Gasteiger charge is 2.12. The molecular formula is C16H13Cl2N5O. The van der Waals surface area contributed by atoms with Crippen LogP contribution in [0.2, 0.25) is 10.0 Å². The summed E-state index contributed by atoms with van der Waals surface area (Å²) in [6.45, 7) is 1.88. The van der Waals surface area contributed by atoms with Gasteiger partial charge in [0, 0.05) is 5.56 Å². The second-order valence-electron chi connectivity index (χ2n) is 5.11. The minimum Gasteiger partial charge on any atom is -0.323 e. The van der Waals surface area contributed by atoms with Crippen LogP contribution in [0, 0.1) is 6.92 Å². The van der Waals surface area contributed by atoms with Crippen molar-refractivity contribution in [2.45, 2.75) is 13.5 Å². The lowest BCUT2D eigenvalue weighted by molar-refractivity contribution is -0.117. The van der Waals surface area contributed by atoms with E-state index in [0.717, 1.165) is 11.1 Å². The predicted molar refractivity (Wildman–Crippen MR) is 93.1 cm³/mol. The van der Waals surface area contributed by atoms with Crippen LogP contribution in [0.15, 0.2) is 42.5 Å². The molecule has 0 saturated carbocycles. The van der Waals surface area contributed by atoms with Crippen molar-refractivity contribution in [3.05, 3.63) is 58.1 Å². The number of hydrogen-bond acceptors (Lipinski definition) is 4. The van der Waals surface area contributed by atoms with Gasteiger partial charge in [-0.25, -0.2) is 0 Å². The maximum absolute atomic E-state index is 12.1. The highest BCUT2D eigenvalue weighted by molar-refractivity contribution is 6.43. The summed E-state index contributed by atoms with van der Waals surface area (Å²) in [6, 6.07) is 12.7. The number of rotatable bonds is 4. The quantitative estimate of drug-likeness (QED) is 0.770. The molecule has 6 nitrogen and oxygen atoms in total. The summed E-state index contributed by atoms with van der Waals surface area (Å²) in [4.78, 5) is 13.3. The van der Waals surface area contributed by atoms with E-state index in [4.69, 9.17) is 23.2 Å². The van der Waals surface area contributed by atoms with Gasteiger partial charge in [0.05, 0.1) is 15.7 Å². The number of nitrogens with one attached hydrogen (secondary N) is 1. The molecule has 3 rings (SSSR count). The minimum atomic E-state index is -0.326. The first kappa shape index (κ1) is 16.4. The number of carbonyl (C=O) groups excluding carboxylic acids is 1. The molecule has 24 heavy (non-hydrogen) atoms. The number of hydrogen-bond donors (Lipinski definition) is 1. The van der Waals surface area contributed by atoms with Gasteiger partial charge in [0.15, 0.2) is 0 Å². The fraction of sp³-hybridized carbons (Fsp3) is 0.125. The van der Waals surface area contributed by atoms with Gasteiger partial charge >= 0.3 is 0 Å². The molecule has 122 valence electrons. The smallest absolute Gasteiger partial charge is 0.248 e. The Morgan fingerprint density at radius 3 is 2.75 bits per heavy atom. The van der Waals surface area contributed by atoms with Crippen molar-refractivity contribution in [3.63, 3.8) is 0 Å². The fourth-order valence-electron chi connectivity index (χ4n) is 2.16. The molecule has 0 atom stereocenters. The number of nitrogens with zero attached hydrogens (tertiary/aromatic N) is 4. The van der Waals surface area contributed by atoms with Crippen LogP contribution >= 0.6 is 23.2 Å². The summed E-state index contributed by atoms with van der Waals surface area (Å²) in [7, 11) is 0. The molecule has 0 bridgehead atoms. The van der Waals surface area contributed by atoms with Gasteiger partial charge in [0.25, 0.3) is 0 Å². The standard InChI is InChI=1S/C16H13Cl2N5O/c1-10-5-2-3-6-11(10)16-20-22-23(21-16)9-14(24)19-13-8-4-7-12(17)15(13)18/h2-8H,9H2,1H3,(H,19,24). The van der Waals surface area contributed by atoms with Gasteiger partial charge in [-0.2, -0.15) is 4.80 Å². The summed E-state index contributed by atoms with van der Waals surface area (Å²) >= 11 is 12.0. The molecule has 1 amide bonds. The van der Waals surface area contributed by atoms with Crippen LogP contribution in [-0.2, 0) is 11.3 Å². The number of aromatic nitrogens is 4. The van der Waals surface area contributed by atoms with Gasteiger partial charge in [0.2, 0.25) is 11.7 Å². The molecule has 0 aliphatic rings. The van der Waals surface area contributed by atoms with Crippen molar-refractivity contribution in [1.29, 1.82) is 0 Å². The molecule has 0 aliphatic carbocycles. The summed E-state index contributed by atoms with van der Waals surface area (Å²) < 4.78 is 0. The summed E-state index contributed by atoms with van der Waals surface area (Å²) in [5.41, 5.74) is 2.35. The molecule has 1 N–H and O–H groups in total. The second kappa shape index (κ2) is 6.98. The summed E-state index contributed by atoms with van der Waals surface area (Å²) in [5, 5.41) is 15.5. The monoisotopic (exact) mass is 361 g/mol. The highest BCUT2D eigenvalue weighted by atomic mass is 35.5. The molecule has 8 heteroatoms. The lowest BCUT2D eigenvalue weighted by Gasteiger charge is -2.07. The van der Waals surface area contributed by atoms with Gasteiger partial charge in [-0.15, -0.1) is 10.2 Å². The maximum Gasteiger partial charge on any atom is 0.248 e. The average molecular weight is 362 g/mol. The van der Waals surface area contributed by atoms with Gasteiger partial charge in [-0.3, -0.25) is 4.79 Å². The Kier molecular flexibility index (Phi) is 4.78. The number of benzene rings is 2. The fourth-order valence-corrected chi connectivity index (χ4v) is 2.51. The zero-order chi connectivity index (χ0) is 17.1. The Morgan fingerprint density at radius 2 is 1.96 bits per heavy atom. The van der Waals surface area contributed by atoms with E-state index in [2.05, 4.69) is 20.7 Å². The number of anilines is 1. The Balaban J connectivity index is 1.72. The molecule has 1 heterocycles. The molecule has 2 aromatic carbocycles. The Morgan fingerprint density at radius 1 is 1.17 bits per heavy atom. The van der Waals surface area contributed by atoms with Crippen molar-refractivity contribution < 1.29 is 4.79 Å². The number of amides is 1. The Bertz CT molecular complexity index is 894.